The van der Waals surface area contributed by atoms with E-state index in [1.165, 1.54) is 25.7 Å². The van der Waals surface area contributed by atoms with E-state index >= 15 is 4.39 Å². The third kappa shape index (κ3) is 6.96. The molecule has 1 aliphatic heterocycles. The van der Waals surface area contributed by atoms with E-state index in [-0.39, 0.29) is 17.5 Å². The molecule has 1 saturated heterocycles. The van der Waals surface area contributed by atoms with Crippen LogP contribution >= 0.6 is 0 Å². The number of aryl methyl sites for hydroxylation is 1. The van der Waals surface area contributed by atoms with Gasteiger partial charge >= 0.3 is 0 Å². The molecule has 1 nitrogen and oxygen atoms in total. The van der Waals surface area contributed by atoms with Crippen molar-refractivity contribution in [3.8, 4) is 22.3 Å². The predicted octanol–water partition coefficient (Wildman–Crippen LogP) is 10.4. The van der Waals surface area contributed by atoms with E-state index in [0.29, 0.717) is 41.2 Å². The summed E-state index contributed by atoms with van der Waals surface area (Å²) in [6, 6.07) is 15.5. The summed E-state index contributed by atoms with van der Waals surface area (Å²) in [6.45, 7) is 6.63. The fourth-order valence-corrected chi connectivity index (χ4v) is 5.29. The number of hydrogen-bond donors (Lipinski definition) is 0. The van der Waals surface area contributed by atoms with E-state index in [9.17, 15) is 8.78 Å². The van der Waals surface area contributed by atoms with Gasteiger partial charge in [-0.2, -0.15) is 0 Å². The highest BCUT2D eigenvalue weighted by atomic mass is 19.2. The average molecular weight is 521 g/mol. The maximum absolute atomic E-state index is 15.0. The van der Waals surface area contributed by atoms with Gasteiger partial charge in [0.2, 0.25) is 0 Å². The van der Waals surface area contributed by atoms with Crippen molar-refractivity contribution in [2.24, 2.45) is 5.92 Å². The van der Waals surface area contributed by atoms with Crippen LogP contribution in [0.15, 0.2) is 67.3 Å². The van der Waals surface area contributed by atoms with Crippen LogP contribution in [0.25, 0.3) is 22.3 Å². The van der Waals surface area contributed by atoms with Crippen molar-refractivity contribution in [1.29, 1.82) is 0 Å². The number of halogens is 3. The fraction of sp³-hybridized carbons (Fsp3) is 0.412. The fourth-order valence-electron chi connectivity index (χ4n) is 5.29. The molecule has 1 unspecified atom stereocenters. The standard InChI is InChI=1S/C34H39F3O/c1-3-5-6-7-8-9-10-11-27-17-20-30(34(37)33(27)36)26-15-13-25(14-16-26)29-19-18-28(22-31(29)35)32-21-12-24(4-2)23-38-32/h4,13-20,22,24,32H,2-3,5-12,21,23H2,1H3/t24?,32-/m1/s1. The molecule has 0 bridgehead atoms. The van der Waals surface area contributed by atoms with Gasteiger partial charge < -0.3 is 4.74 Å². The molecule has 0 saturated carbocycles. The van der Waals surface area contributed by atoms with Crippen molar-refractivity contribution < 1.29 is 17.9 Å². The molecule has 0 aliphatic carbocycles. The molecule has 0 spiro atoms. The molecule has 1 fully saturated rings. The zero-order valence-electron chi connectivity index (χ0n) is 22.5. The summed E-state index contributed by atoms with van der Waals surface area (Å²) < 4.78 is 50.7. The van der Waals surface area contributed by atoms with E-state index in [1.54, 1.807) is 48.5 Å². The van der Waals surface area contributed by atoms with Crippen LogP contribution < -0.4 is 0 Å². The van der Waals surface area contributed by atoms with Gasteiger partial charge in [0.25, 0.3) is 0 Å². The van der Waals surface area contributed by atoms with Gasteiger partial charge in [-0.25, -0.2) is 13.2 Å². The van der Waals surface area contributed by atoms with Gasteiger partial charge in [0.1, 0.15) is 5.82 Å². The van der Waals surface area contributed by atoms with Gasteiger partial charge in [0.05, 0.1) is 12.7 Å². The van der Waals surface area contributed by atoms with Crippen LogP contribution in [0, 0.1) is 23.4 Å². The first-order valence-corrected chi connectivity index (χ1v) is 14.1. The van der Waals surface area contributed by atoms with Gasteiger partial charge in [-0.1, -0.05) is 100 Å². The van der Waals surface area contributed by atoms with Crippen molar-refractivity contribution in [2.45, 2.75) is 77.2 Å². The van der Waals surface area contributed by atoms with Crippen LogP contribution in [0.4, 0.5) is 13.2 Å². The highest BCUT2D eigenvalue weighted by molar-refractivity contribution is 5.71. The SMILES string of the molecule is C=CC1CC[C@H](c2ccc(-c3ccc(-c4ccc(CCCCCCCCC)c(F)c4F)cc3)c(F)c2)OC1. The van der Waals surface area contributed by atoms with Crippen LogP contribution in [0.3, 0.4) is 0 Å². The first kappa shape index (κ1) is 28.2. The maximum atomic E-state index is 15.0. The third-order valence-corrected chi connectivity index (χ3v) is 7.73. The summed E-state index contributed by atoms with van der Waals surface area (Å²) in [7, 11) is 0. The maximum Gasteiger partial charge on any atom is 0.166 e. The van der Waals surface area contributed by atoms with Crippen LogP contribution in [-0.4, -0.2) is 6.61 Å². The molecule has 38 heavy (non-hydrogen) atoms. The van der Waals surface area contributed by atoms with E-state index in [0.717, 1.165) is 37.7 Å². The monoisotopic (exact) mass is 520 g/mol. The highest BCUT2D eigenvalue weighted by Crippen LogP contribution is 2.34. The van der Waals surface area contributed by atoms with E-state index in [1.807, 2.05) is 12.1 Å². The summed E-state index contributed by atoms with van der Waals surface area (Å²) in [6.07, 6.45) is 12.1. The molecule has 0 aromatic heterocycles. The molecule has 3 aromatic carbocycles. The molecule has 3 aromatic rings. The Bertz CT molecular complexity index is 1190. The van der Waals surface area contributed by atoms with Crippen LogP contribution in [0.2, 0.25) is 0 Å². The molecule has 0 amide bonds. The van der Waals surface area contributed by atoms with Crippen molar-refractivity contribution in [2.75, 3.05) is 6.61 Å². The second-order valence-corrected chi connectivity index (χ2v) is 10.5. The van der Waals surface area contributed by atoms with Crippen LogP contribution in [0.1, 0.15) is 81.9 Å². The lowest BCUT2D eigenvalue weighted by Gasteiger charge is -2.27. The number of ether oxygens (including phenoxy) is 1. The molecule has 1 aliphatic rings. The molecular formula is C34H39F3O. The number of hydrogen-bond acceptors (Lipinski definition) is 1. The lowest BCUT2D eigenvalue weighted by molar-refractivity contribution is -0.00528. The lowest BCUT2D eigenvalue weighted by Crippen LogP contribution is -2.19. The highest BCUT2D eigenvalue weighted by Gasteiger charge is 2.22. The Morgan fingerprint density at radius 3 is 2.08 bits per heavy atom. The minimum Gasteiger partial charge on any atom is -0.373 e. The normalized spacial score (nSPS) is 17.5. The Balaban J connectivity index is 1.39. The van der Waals surface area contributed by atoms with Crippen LogP contribution in [-0.2, 0) is 11.2 Å². The van der Waals surface area contributed by atoms with Gasteiger partial charge in [0.15, 0.2) is 11.6 Å². The van der Waals surface area contributed by atoms with Gasteiger partial charge in [-0.3, -0.25) is 0 Å². The number of unbranched alkanes of at least 4 members (excludes halogenated alkanes) is 6. The lowest BCUT2D eigenvalue weighted by atomic mass is 9.93. The van der Waals surface area contributed by atoms with Gasteiger partial charge in [-0.05, 0) is 54.0 Å². The first-order valence-electron chi connectivity index (χ1n) is 14.1. The minimum absolute atomic E-state index is 0.108. The molecule has 4 heteroatoms. The second-order valence-electron chi connectivity index (χ2n) is 10.5. The summed E-state index contributed by atoms with van der Waals surface area (Å²) in [5.41, 5.74) is 3.21. The number of rotatable bonds is 12. The Labute approximate surface area is 225 Å². The summed E-state index contributed by atoms with van der Waals surface area (Å²) in [5.74, 6) is -1.55. The van der Waals surface area contributed by atoms with E-state index in [4.69, 9.17) is 4.74 Å². The Kier molecular flexibility index (Phi) is 10.2. The molecule has 202 valence electrons. The summed E-state index contributed by atoms with van der Waals surface area (Å²) in [4.78, 5) is 0. The Hall–Kier alpha value is -2.85. The van der Waals surface area contributed by atoms with Crippen molar-refractivity contribution in [1.82, 2.24) is 0 Å². The van der Waals surface area contributed by atoms with Crippen molar-refractivity contribution >= 4 is 0 Å². The number of benzene rings is 3. The molecule has 1 heterocycles. The van der Waals surface area contributed by atoms with Crippen LogP contribution in [0.5, 0.6) is 0 Å². The zero-order valence-corrected chi connectivity index (χ0v) is 22.5. The average Bonchev–Trinajstić information content (AvgIpc) is 2.95. The van der Waals surface area contributed by atoms with E-state index in [2.05, 4.69) is 13.5 Å². The molecule has 2 atom stereocenters. The van der Waals surface area contributed by atoms with Gasteiger partial charge in [-0.15, -0.1) is 6.58 Å². The van der Waals surface area contributed by atoms with Gasteiger partial charge in [0, 0.05) is 17.0 Å². The second kappa shape index (κ2) is 13.8. The Morgan fingerprint density at radius 2 is 1.45 bits per heavy atom. The smallest absolute Gasteiger partial charge is 0.166 e. The van der Waals surface area contributed by atoms with Crippen molar-refractivity contribution in [3.63, 3.8) is 0 Å². The van der Waals surface area contributed by atoms with Crippen molar-refractivity contribution in [3.05, 3.63) is 95.8 Å². The zero-order chi connectivity index (χ0) is 26.9. The largest absolute Gasteiger partial charge is 0.373 e. The molecular weight excluding hydrogens is 481 g/mol. The predicted molar refractivity (Wildman–Crippen MR) is 150 cm³/mol. The summed E-state index contributed by atoms with van der Waals surface area (Å²) >= 11 is 0. The molecule has 4 rings (SSSR count). The quantitative estimate of drug-likeness (QED) is 0.170. The molecule has 0 radical (unpaired) electrons. The summed E-state index contributed by atoms with van der Waals surface area (Å²) in [5, 5.41) is 0. The Morgan fingerprint density at radius 1 is 0.789 bits per heavy atom. The first-order chi connectivity index (χ1) is 18.5. The topological polar surface area (TPSA) is 9.23 Å². The minimum atomic E-state index is -0.820. The van der Waals surface area contributed by atoms with E-state index < -0.39 is 11.6 Å². The third-order valence-electron chi connectivity index (χ3n) is 7.73. The molecule has 0 N–H and O–H groups in total.